The second-order valence-corrected chi connectivity index (χ2v) is 4.07. The van der Waals surface area contributed by atoms with Crippen molar-refractivity contribution in [1.82, 2.24) is 9.78 Å². The fraction of sp³-hybridized carbons (Fsp3) is 0.700. The van der Waals surface area contributed by atoms with Gasteiger partial charge in [-0.05, 0) is 19.8 Å². The Hall–Kier alpha value is -0.540. The minimum atomic E-state index is -0.667. The van der Waals surface area contributed by atoms with Crippen molar-refractivity contribution in [3.63, 3.8) is 0 Å². The van der Waals surface area contributed by atoms with Gasteiger partial charge in [-0.25, -0.2) is 0 Å². The number of aromatic nitrogens is 2. The molecule has 0 radical (unpaired) electrons. The quantitative estimate of drug-likeness (QED) is 0.840. The van der Waals surface area contributed by atoms with Gasteiger partial charge in [0, 0.05) is 0 Å². The van der Waals surface area contributed by atoms with E-state index in [1.54, 1.807) is 10.9 Å². The first-order chi connectivity index (χ1) is 6.52. The van der Waals surface area contributed by atoms with Crippen LogP contribution >= 0.6 is 11.6 Å². The molecule has 0 unspecified atom stereocenters. The van der Waals surface area contributed by atoms with Crippen molar-refractivity contribution in [1.29, 1.82) is 0 Å². The summed E-state index contributed by atoms with van der Waals surface area (Å²) in [7, 11) is 0. The molecule has 0 saturated carbocycles. The average molecular weight is 217 g/mol. The van der Waals surface area contributed by atoms with Crippen LogP contribution in [0.25, 0.3) is 0 Å². The highest BCUT2D eigenvalue weighted by Crippen LogP contribution is 2.20. The Labute approximate surface area is 89.7 Å². The summed E-state index contributed by atoms with van der Waals surface area (Å²) in [4.78, 5) is 0. The number of aliphatic hydroxyl groups is 1. The van der Waals surface area contributed by atoms with E-state index in [1.807, 2.05) is 20.8 Å². The van der Waals surface area contributed by atoms with Gasteiger partial charge in [0.1, 0.15) is 0 Å². The molecule has 0 bridgehead atoms. The second-order valence-electron chi connectivity index (χ2n) is 3.67. The lowest BCUT2D eigenvalue weighted by Gasteiger charge is -2.25. The van der Waals surface area contributed by atoms with Crippen LogP contribution in [0.3, 0.4) is 0 Å². The van der Waals surface area contributed by atoms with E-state index < -0.39 is 5.60 Å². The molecule has 1 aromatic rings. The number of hydrogen-bond donors (Lipinski definition) is 1. The third kappa shape index (κ3) is 2.28. The lowest BCUT2D eigenvalue weighted by atomic mass is 9.98. The number of hydrogen-bond acceptors (Lipinski definition) is 2. The summed E-state index contributed by atoms with van der Waals surface area (Å²) < 4.78 is 1.76. The summed E-state index contributed by atoms with van der Waals surface area (Å²) in [5.41, 5.74) is 0.243. The summed E-state index contributed by atoms with van der Waals surface area (Å²) in [6, 6.07) is 0. The van der Waals surface area contributed by atoms with E-state index in [-0.39, 0.29) is 0 Å². The van der Waals surface area contributed by atoms with E-state index in [1.165, 1.54) is 0 Å². The molecular formula is C10H17ClN2O. The smallest absolute Gasteiger partial charge is 0.0837 e. The SMILES string of the molecule is CCC(O)(CC)Cn1ncc(Cl)c1C. The van der Waals surface area contributed by atoms with Crippen molar-refractivity contribution in [3.8, 4) is 0 Å². The van der Waals surface area contributed by atoms with Crippen LogP contribution in [-0.4, -0.2) is 20.5 Å². The maximum absolute atomic E-state index is 10.1. The fourth-order valence-electron chi connectivity index (χ4n) is 1.34. The van der Waals surface area contributed by atoms with Crippen LogP contribution in [0.1, 0.15) is 32.4 Å². The summed E-state index contributed by atoms with van der Waals surface area (Å²) in [6.07, 6.45) is 3.06. The molecular weight excluding hydrogens is 200 g/mol. The Bertz CT molecular complexity index is 305. The molecule has 0 fully saturated rings. The molecule has 1 N–H and O–H groups in total. The molecule has 1 aromatic heterocycles. The van der Waals surface area contributed by atoms with Gasteiger partial charge < -0.3 is 5.11 Å². The molecule has 14 heavy (non-hydrogen) atoms. The second kappa shape index (κ2) is 4.32. The Morgan fingerprint density at radius 2 is 2.07 bits per heavy atom. The monoisotopic (exact) mass is 216 g/mol. The zero-order chi connectivity index (χ0) is 10.8. The Morgan fingerprint density at radius 1 is 1.50 bits per heavy atom. The Balaban J connectivity index is 2.82. The van der Waals surface area contributed by atoms with E-state index in [0.717, 1.165) is 18.5 Å². The van der Waals surface area contributed by atoms with E-state index in [4.69, 9.17) is 11.6 Å². The van der Waals surface area contributed by atoms with Gasteiger partial charge in [-0.1, -0.05) is 25.4 Å². The largest absolute Gasteiger partial charge is 0.388 e. The van der Waals surface area contributed by atoms with Gasteiger partial charge in [0.25, 0.3) is 0 Å². The van der Waals surface area contributed by atoms with E-state index >= 15 is 0 Å². The van der Waals surface area contributed by atoms with Crippen LogP contribution in [0, 0.1) is 6.92 Å². The first kappa shape index (κ1) is 11.5. The van der Waals surface area contributed by atoms with Crippen molar-refractivity contribution < 1.29 is 5.11 Å². The van der Waals surface area contributed by atoms with E-state index in [0.29, 0.717) is 11.6 Å². The van der Waals surface area contributed by atoms with Gasteiger partial charge in [0.05, 0.1) is 29.1 Å². The molecule has 0 saturated heterocycles. The molecule has 0 amide bonds. The molecule has 4 heteroatoms. The molecule has 0 atom stereocenters. The summed E-state index contributed by atoms with van der Waals surface area (Å²) in [5.74, 6) is 0. The lowest BCUT2D eigenvalue weighted by molar-refractivity contribution is 0.0113. The molecule has 0 aliphatic heterocycles. The van der Waals surface area contributed by atoms with Gasteiger partial charge in [0.2, 0.25) is 0 Å². The molecule has 0 aliphatic rings. The normalized spacial score (nSPS) is 12.1. The highest BCUT2D eigenvalue weighted by atomic mass is 35.5. The van der Waals surface area contributed by atoms with Crippen molar-refractivity contribution in [3.05, 3.63) is 16.9 Å². The maximum Gasteiger partial charge on any atom is 0.0837 e. The molecule has 80 valence electrons. The summed E-state index contributed by atoms with van der Waals surface area (Å²) in [6.45, 7) is 6.37. The molecule has 0 aromatic carbocycles. The maximum atomic E-state index is 10.1. The molecule has 0 spiro atoms. The van der Waals surface area contributed by atoms with E-state index in [2.05, 4.69) is 5.10 Å². The van der Waals surface area contributed by atoms with Crippen LogP contribution in [0.4, 0.5) is 0 Å². The molecule has 0 aliphatic carbocycles. The third-order valence-corrected chi connectivity index (χ3v) is 3.17. The van der Waals surface area contributed by atoms with Gasteiger partial charge in [-0.15, -0.1) is 0 Å². The predicted octanol–water partition coefficient (Wildman–Crippen LogP) is 2.40. The summed E-state index contributed by atoms with van der Waals surface area (Å²) in [5, 5.41) is 14.9. The lowest BCUT2D eigenvalue weighted by Crippen LogP contribution is -2.33. The number of rotatable bonds is 4. The molecule has 1 rings (SSSR count). The average Bonchev–Trinajstić information content (AvgIpc) is 2.49. The minimum Gasteiger partial charge on any atom is -0.388 e. The minimum absolute atomic E-state index is 0.512. The highest BCUT2D eigenvalue weighted by Gasteiger charge is 2.24. The van der Waals surface area contributed by atoms with Gasteiger partial charge in [0.15, 0.2) is 0 Å². The van der Waals surface area contributed by atoms with Crippen LogP contribution in [0.15, 0.2) is 6.20 Å². The highest BCUT2D eigenvalue weighted by molar-refractivity contribution is 6.31. The Kier molecular flexibility index (Phi) is 3.56. The third-order valence-electron chi connectivity index (χ3n) is 2.80. The van der Waals surface area contributed by atoms with Crippen molar-refractivity contribution in [2.75, 3.05) is 0 Å². The van der Waals surface area contributed by atoms with Gasteiger partial charge in [-0.2, -0.15) is 5.10 Å². The van der Waals surface area contributed by atoms with Gasteiger partial charge >= 0.3 is 0 Å². The van der Waals surface area contributed by atoms with Crippen LogP contribution in [0.5, 0.6) is 0 Å². The summed E-state index contributed by atoms with van der Waals surface area (Å²) >= 11 is 5.88. The van der Waals surface area contributed by atoms with Crippen molar-refractivity contribution >= 4 is 11.6 Å². The van der Waals surface area contributed by atoms with E-state index in [9.17, 15) is 5.11 Å². The van der Waals surface area contributed by atoms with Gasteiger partial charge in [-0.3, -0.25) is 4.68 Å². The van der Waals surface area contributed by atoms with Crippen molar-refractivity contribution in [2.45, 2.75) is 45.8 Å². The topological polar surface area (TPSA) is 38.0 Å². The van der Waals surface area contributed by atoms with Crippen molar-refractivity contribution in [2.24, 2.45) is 0 Å². The predicted molar refractivity (Wildman–Crippen MR) is 57.5 cm³/mol. The van der Waals surface area contributed by atoms with Crippen LogP contribution in [0.2, 0.25) is 5.02 Å². The fourth-order valence-corrected chi connectivity index (χ4v) is 1.48. The molecule has 1 heterocycles. The van der Waals surface area contributed by atoms with Crippen LogP contribution < -0.4 is 0 Å². The first-order valence-electron chi connectivity index (χ1n) is 4.92. The zero-order valence-electron chi connectivity index (χ0n) is 8.92. The molecule has 3 nitrogen and oxygen atoms in total. The standard InChI is InChI=1S/C10H17ClN2O/c1-4-10(14,5-2)7-13-8(3)9(11)6-12-13/h6,14H,4-5,7H2,1-3H3. The number of halogens is 1. The zero-order valence-corrected chi connectivity index (χ0v) is 9.67. The van der Waals surface area contributed by atoms with Crippen LogP contribution in [-0.2, 0) is 6.54 Å². The number of nitrogens with zero attached hydrogens (tertiary/aromatic N) is 2. The Morgan fingerprint density at radius 3 is 2.43 bits per heavy atom. The first-order valence-corrected chi connectivity index (χ1v) is 5.30.